The Hall–Kier alpha value is 1.46. The Morgan fingerprint density at radius 1 is 0.500 bits per heavy atom. The van der Waals surface area contributed by atoms with Crippen LogP contribution in [-0.4, -0.2) is 0 Å². The largest absolute Gasteiger partial charge is 6.00 e. The summed E-state index contributed by atoms with van der Waals surface area (Å²) in [6.07, 6.45) is 0. The molecule has 32 valence electrons. The van der Waals surface area contributed by atoms with Crippen LogP contribution in [0.2, 0.25) is 0 Å². The monoisotopic (exact) mass is 450 g/mol. The molecule has 0 aliphatic carbocycles. The smallest absolute Gasteiger partial charge is 2.00 e. The molecule has 0 rings (SSSR count). The Bertz CT molecular complexity index is 7.51. The van der Waals surface area contributed by atoms with E-state index in [4.69, 9.17) is 0 Å². The van der Waals surface area contributed by atoms with Crippen molar-refractivity contribution >= 4 is 0 Å². The maximum absolute atomic E-state index is 0. The molecule has 0 spiro atoms. The third kappa shape index (κ3) is 50.8. The zero-order chi connectivity index (χ0) is 0. The van der Waals surface area contributed by atoms with Gasteiger partial charge in [-0.2, -0.15) is 0 Å². The van der Waals surface area contributed by atoms with Crippen molar-refractivity contribution in [2.75, 3.05) is 0 Å². The molecule has 0 aliphatic rings. The molecular weight excluding hydrogens is 448 g/mol. The van der Waals surface area contributed by atoms with Crippen LogP contribution in [0.15, 0.2) is 0 Å². The predicted octanol–water partition coefficient (Wildman–Crippen LogP) is -0.480. The third-order valence-corrected chi connectivity index (χ3v) is 0. The van der Waals surface area contributed by atoms with Crippen LogP contribution < -0.4 is 0 Å². The van der Waals surface area contributed by atoms with Crippen molar-refractivity contribution in [1.29, 1.82) is 0 Å². The molecule has 0 bridgehead atoms. The second-order valence-corrected chi connectivity index (χ2v) is 0. The van der Waals surface area contributed by atoms with Gasteiger partial charge in [0.15, 0.2) is 0 Å². The van der Waals surface area contributed by atoms with E-state index >= 15 is 0 Å². The summed E-state index contributed by atoms with van der Waals surface area (Å²) in [5, 5.41) is 0. The summed E-state index contributed by atoms with van der Waals surface area (Å²) in [7, 11) is 0. The van der Waals surface area contributed by atoms with E-state index in [2.05, 4.69) is 0 Å². The van der Waals surface area contributed by atoms with Crippen LogP contribution in [-0.2, 0) is 70.6 Å². The van der Waals surface area contributed by atoms with Crippen LogP contribution in [0.4, 0.5) is 0 Å². The van der Waals surface area contributed by atoms with Crippen LogP contribution >= 0.6 is 0 Å². The first kappa shape index (κ1) is 146. The van der Waals surface area contributed by atoms with Gasteiger partial charge in [0.1, 0.15) is 0 Å². The van der Waals surface area contributed by atoms with E-state index in [1.165, 1.54) is 0 Å². The van der Waals surface area contributed by atoms with E-state index in [0.717, 1.165) is 0 Å². The van der Waals surface area contributed by atoms with Gasteiger partial charge in [0.05, 0.1) is 0 Å². The van der Waals surface area contributed by atoms with Gasteiger partial charge in [0, 0.05) is 0 Å². The van der Waals surface area contributed by atoms with Gasteiger partial charge in [0.25, 0.3) is 0 Å². The predicted molar refractivity (Wildman–Crippen MR) is 2.75 cm³/mol. The first-order chi connectivity index (χ1) is 0. The Balaban J connectivity index is 0. The normalized spacial score (nSPS) is 0. The fraction of sp³-hybridized carbons (Fsp3) is 0. The summed E-state index contributed by atoms with van der Waals surface area (Å²) < 4.78 is 0. The molecule has 0 aromatic rings. The molecule has 0 heterocycles. The summed E-state index contributed by atoms with van der Waals surface area (Å²) in [5.41, 5.74) is 0. The minimum absolute atomic E-state index is 0. The van der Waals surface area contributed by atoms with Crippen molar-refractivity contribution in [3.8, 4) is 0 Å². The van der Waals surface area contributed by atoms with Gasteiger partial charge in [-0.1, -0.05) is 0 Å². The van der Waals surface area contributed by atoms with Gasteiger partial charge in [-0.25, -0.2) is 0 Å². The first-order valence-electron chi connectivity index (χ1n) is 0. The van der Waals surface area contributed by atoms with Gasteiger partial charge in [-0.05, 0) is 0 Å². The summed E-state index contributed by atoms with van der Waals surface area (Å²) in [4.78, 5) is 0. The molecule has 0 aromatic carbocycles. The second kappa shape index (κ2) is 90.1. The summed E-state index contributed by atoms with van der Waals surface area (Å²) in [6.45, 7) is 0. The zero-order valence-corrected chi connectivity index (χ0v) is 11.2. The molecule has 4 nitrogen and oxygen atoms in total. The molecule has 6 heavy (non-hydrogen) atoms. The van der Waals surface area contributed by atoms with E-state index in [1.807, 2.05) is 0 Å². The molecule has 0 N–H and O–H groups in total. The van der Waals surface area contributed by atoms with Crippen molar-refractivity contribution in [2.45, 2.75) is 0 Å². The first-order valence-corrected chi connectivity index (χ1v) is 0. The minimum Gasteiger partial charge on any atom is -2.00 e. The van der Waals surface area contributed by atoms with Gasteiger partial charge >= 0.3 is 48.7 Å². The summed E-state index contributed by atoms with van der Waals surface area (Å²) in [5.74, 6) is 0. The van der Waals surface area contributed by atoms with E-state index < -0.39 is 0 Å². The molecule has 0 radical (unpaired) electrons. The van der Waals surface area contributed by atoms with E-state index in [1.54, 1.807) is 0 Å². The molecule has 0 atom stereocenters. The molecule has 0 unspecified atom stereocenters. The van der Waals surface area contributed by atoms with Crippen molar-refractivity contribution < 1.29 is 70.6 Å². The van der Waals surface area contributed by atoms with E-state index in [-0.39, 0.29) is 70.6 Å². The number of hydrogen-bond acceptors (Lipinski definition) is 0. The summed E-state index contributed by atoms with van der Waals surface area (Å²) >= 11 is 0. The zero-order valence-electron chi connectivity index (χ0n) is 2.75. The maximum Gasteiger partial charge on any atom is 6.00 e. The van der Waals surface area contributed by atoms with Gasteiger partial charge < -0.3 is 21.9 Å². The van der Waals surface area contributed by atoms with Crippen LogP contribution in [0.1, 0.15) is 0 Å². The standard InChI is InChI=1S/Hg.4O.W/q+2;4*-2;+6. The minimum atomic E-state index is 0. The van der Waals surface area contributed by atoms with Crippen LogP contribution in [0.25, 0.3) is 0 Å². The van der Waals surface area contributed by atoms with Crippen molar-refractivity contribution in [3.63, 3.8) is 0 Å². The molecule has 0 saturated carbocycles. The SMILES string of the molecule is [Hg+2].[O-2].[O-2].[O-2].[O-2].[W+6]. The summed E-state index contributed by atoms with van der Waals surface area (Å²) in [6, 6.07) is 0. The van der Waals surface area contributed by atoms with Gasteiger partial charge in [0.2, 0.25) is 0 Å². The average Bonchev–Trinajstić information content (AvgIpc) is 0. The van der Waals surface area contributed by atoms with E-state index in [0.29, 0.717) is 0 Å². The number of rotatable bonds is 0. The number of hydrogen-bond donors (Lipinski definition) is 0. The molecule has 6 heteroatoms. The van der Waals surface area contributed by atoms with Gasteiger partial charge in [-0.15, -0.1) is 0 Å². The molecule has 0 saturated heterocycles. The third-order valence-electron chi connectivity index (χ3n) is 0. The fourth-order valence-corrected chi connectivity index (χ4v) is 0. The Morgan fingerprint density at radius 3 is 0.500 bits per heavy atom. The Kier molecular flexibility index (Phi) is 2190. The van der Waals surface area contributed by atoms with Crippen molar-refractivity contribution in [1.82, 2.24) is 0 Å². The molecule has 0 amide bonds. The maximum atomic E-state index is 0. The van der Waals surface area contributed by atoms with Gasteiger partial charge in [-0.3, -0.25) is 0 Å². The Labute approximate surface area is 70.3 Å². The van der Waals surface area contributed by atoms with Crippen molar-refractivity contribution in [2.24, 2.45) is 0 Å². The van der Waals surface area contributed by atoms with Crippen LogP contribution in [0.3, 0.4) is 0 Å². The average molecular weight is 448 g/mol. The topological polar surface area (TPSA) is 114 Å². The Morgan fingerprint density at radius 2 is 0.500 bits per heavy atom. The van der Waals surface area contributed by atoms with E-state index in [9.17, 15) is 0 Å². The van der Waals surface area contributed by atoms with Crippen LogP contribution in [0, 0.1) is 0 Å². The molecule has 0 aromatic heterocycles. The fourth-order valence-electron chi connectivity index (χ4n) is 0. The van der Waals surface area contributed by atoms with Crippen LogP contribution in [0.5, 0.6) is 0 Å². The molecule has 0 fully saturated rings. The van der Waals surface area contributed by atoms with Crippen molar-refractivity contribution in [3.05, 3.63) is 0 Å². The molecular formula is HgO4W. The molecule has 0 aliphatic heterocycles. The second-order valence-electron chi connectivity index (χ2n) is 0. The quantitative estimate of drug-likeness (QED) is 0.446.